The highest BCUT2D eigenvalue weighted by Gasteiger charge is 2.26. The minimum absolute atomic E-state index is 0.387. The van der Waals surface area contributed by atoms with Gasteiger partial charge in [0.2, 0.25) is 0 Å². The van der Waals surface area contributed by atoms with Crippen molar-refractivity contribution in [3.8, 4) is 0 Å². The molecule has 0 saturated carbocycles. The van der Waals surface area contributed by atoms with E-state index in [1.807, 2.05) is 18.2 Å². The third-order valence-corrected chi connectivity index (χ3v) is 3.44. The molecular weight excluding hydrogens is 230 g/mol. The predicted molar refractivity (Wildman–Crippen MR) is 69.9 cm³/mol. The third-order valence-electron chi connectivity index (χ3n) is 3.44. The summed E-state index contributed by atoms with van der Waals surface area (Å²) in [6.07, 6.45) is 0. The van der Waals surface area contributed by atoms with Gasteiger partial charge in [0.05, 0.1) is 24.3 Å². The number of anilines is 1. The number of aromatic nitrogens is 1. The van der Waals surface area contributed by atoms with Gasteiger partial charge in [-0.05, 0) is 26.0 Å². The summed E-state index contributed by atoms with van der Waals surface area (Å²) in [7, 11) is 0. The van der Waals surface area contributed by atoms with Crippen molar-refractivity contribution in [2.75, 3.05) is 18.0 Å². The molecule has 2 heterocycles. The van der Waals surface area contributed by atoms with E-state index >= 15 is 0 Å². The Morgan fingerprint density at radius 2 is 2.06 bits per heavy atom. The van der Waals surface area contributed by atoms with Gasteiger partial charge in [0, 0.05) is 0 Å². The van der Waals surface area contributed by atoms with E-state index in [4.69, 9.17) is 4.42 Å². The summed E-state index contributed by atoms with van der Waals surface area (Å²) in [5.74, 6) is -0.387. The van der Waals surface area contributed by atoms with Gasteiger partial charge >= 0.3 is 5.76 Å². The second-order valence-corrected chi connectivity index (χ2v) is 5.22. The summed E-state index contributed by atoms with van der Waals surface area (Å²) < 4.78 is 5.26. The number of aromatic amines is 1. The zero-order valence-corrected chi connectivity index (χ0v) is 10.6. The quantitative estimate of drug-likeness (QED) is 0.762. The molecule has 1 saturated heterocycles. The molecule has 3 N–H and O–H groups in total. The number of fused-ring (bicyclic) bond motifs is 1. The van der Waals surface area contributed by atoms with Gasteiger partial charge in [0.1, 0.15) is 12.1 Å². The molecule has 5 heteroatoms. The Morgan fingerprint density at radius 3 is 2.78 bits per heavy atom. The van der Waals surface area contributed by atoms with Gasteiger partial charge in [-0.2, -0.15) is 0 Å². The molecule has 0 amide bonds. The molecule has 1 fully saturated rings. The number of hydrogen-bond acceptors (Lipinski definition) is 3. The van der Waals surface area contributed by atoms with Crippen LogP contribution in [0.2, 0.25) is 0 Å². The van der Waals surface area contributed by atoms with Gasteiger partial charge < -0.3 is 14.6 Å². The maximum atomic E-state index is 11.3. The topological polar surface area (TPSA) is 65.8 Å². The third kappa shape index (κ3) is 1.90. The van der Waals surface area contributed by atoms with E-state index in [9.17, 15) is 4.79 Å². The Morgan fingerprint density at radius 1 is 1.33 bits per heavy atom. The maximum Gasteiger partial charge on any atom is 0.417 e. The number of oxazole rings is 1. The van der Waals surface area contributed by atoms with Crippen molar-refractivity contribution in [1.82, 2.24) is 4.98 Å². The Balaban J connectivity index is 2.05. The lowest BCUT2D eigenvalue weighted by atomic mass is 10.1. The largest absolute Gasteiger partial charge is 0.417 e. The molecule has 3 rings (SSSR count). The number of nitrogens with one attached hydrogen (secondary N) is 1. The van der Waals surface area contributed by atoms with Crippen molar-refractivity contribution in [2.24, 2.45) is 0 Å². The number of H-pyrrole nitrogens is 1. The summed E-state index contributed by atoms with van der Waals surface area (Å²) >= 11 is 0. The summed E-state index contributed by atoms with van der Waals surface area (Å²) in [5.41, 5.74) is 2.45. The smallest absolute Gasteiger partial charge is 0.406 e. The summed E-state index contributed by atoms with van der Waals surface area (Å²) in [6.45, 7) is 6.38. The van der Waals surface area contributed by atoms with E-state index in [-0.39, 0.29) is 5.76 Å². The molecule has 1 aromatic carbocycles. The van der Waals surface area contributed by atoms with Crippen LogP contribution in [-0.4, -0.2) is 30.2 Å². The zero-order chi connectivity index (χ0) is 12.7. The van der Waals surface area contributed by atoms with Crippen LogP contribution in [0.4, 0.5) is 5.69 Å². The van der Waals surface area contributed by atoms with Crippen molar-refractivity contribution in [1.29, 1.82) is 0 Å². The average Bonchev–Trinajstić information content (AvgIpc) is 2.67. The minimum atomic E-state index is -0.387. The van der Waals surface area contributed by atoms with E-state index < -0.39 is 0 Å². The Labute approximate surface area is 105 Å². The fraction of sp³-hybridized carbons (Fsp3) is 0.462. The molecule has 2 atom stereocenters. The first kappa shape index (κ1) is 11.3. The van der Waals surface area contributed by atoms with Crippen molar-refractivity contribution < 1.29 is 9.73 Å². The van der Waals surface area contributed by atoms with Crippen LogP contribution in [0, 0.1) is 0 Å². The van der Waals surface area contributed by atoms with Crippen molar-refractivity contribution in [3.63, 3.8) is 0 Å². The number of nitrogens with zero attached hydrogens (tertiary/aromatic N) is 1. The van der Waals surface area contributed by atoms with Crippen molar-refractivity contribution in [3.05, 3.63) is 28.7 Å². The van der Waals surface area contributed by atoms with Crippen LogP contribution in [0.3, 0.4) is 0 Å². The number of para-hydroxylation sites is 1. The monoisotopic (exact) mass is 248 g/mol. The standard InChI is InChI=1S/C13H17N3O2/c1-8-6-16(7-9(2)14-8)11-5-3-4-10-12(11)18-13(17)15-10/h3-5,8-9,14H,6-7H2,1-2H3,(H,15,17)/p+1/t8-,9+. The molecule has 96 valence electrons. The SMILES string of the molecule is C[C@@H]1CN(c2cccc3[nH]c(=O)oc23)C[C@H](C)[NH2+]1. The van der Waals surface area contributed by atoms with E-state index in [0.29, 0.717) is 17.7 Å². The van der Waals surface area contributed by atoms with Crippen LogP contribution in [0.5, 0.6) is 0 Å². The Bertz CT molecular complexity index is 606. The maximum absolute atomic E-state index is 11.3. The van der Waals surface area contributed by atoms with Crippen molar-refractivity contribution in [2.45, 2.75) is 25.9 Å². The summed E-state index contributed by atoms with van der Waals surface area (Å²) in [4.78, 5) is 16.3. The Hall–Kier alpha value is -1.75. The van der Waals surface area contributed by atoms with Crippen LogP contribution < -0.4 is 16.0 Å². The van der Waals surface area contributed by atoms with Gasteiger partial charge in [0.15, 0.2) is 5.58 Å². The van der Waals surface area contributed by atoms with Crippen molar-refractivity contribution >= 4 is 16.8 Å². The van der Waals surface area contributed by atoms with Crippen LogP contribution in [-0.2, 0) is 0 Å². The van der Waals surface area contributed by atoms with E-state index in [1.54, 1.807) is 0 Å². The molecule has 18 heavy (non-hydrogen) atoms. The van der Waals surface area contributed by atoms with E-state index in [1.165, 1.54) is 0 Å². The first-order valence-electron chi connectivity index (χ1n) is 6.35. The van der Waals surface area contributed by atoms with Crippen LogP contribution in [0.15, 0.2) is 27.4 Å². The first-order chi connectivity index (χ1) is 8.63. The highest BCUT2D eigenvalue weighted by atomic mass is 16.4. The fourth-order valence-electron chi connectivity index (χ4n) is 2.86. The molecule has 1 aromatic heterocycles. The fourth-order valence-corrected chi connectivity index (χ4v) is 2.86. The van der Waals surface area contributed by atoms with E-state index in [2.05, 4.69) is 29.0 Å². The molecule has 2 aromatic rings. The normalized spacial score (nSPS) is 24.7. The Kier molecular flexibility index (Phi) is 2.63. The minimum Gasteiger partial charge on any atom is -0.406 e. The molecule has 0 spiro atoms. The number of rotatable bonds is 1. The lowest BCUT2D eigenvalue weighted by Crippen LogP contribution is -2.99. The number of quaternary nitrogens is 1. The summed E-state index contributed by atoms with van der Waals surface area (Å²) in [6, 6.07) is 6.94. The number of benzene rings is 1. The molecule has 0 bridgehead atoms. The van der Waals surface area contributed by atoms with Gasteiger partial charge in [-0.15, -0.1) is 0 Å². The first-order valence-corrected chi connectivity index (χ1v) is 6.35. The van der Waals surface area contributed by atoms with Gasteiger partial charge in [0.25, 0.3) is 0 Å². The molecule has 0 unspecified atom stereocenters. The zero-order valence-electron chi connectivity index (χ0n) is 10.6. The highest BCUT2D eigenvalue weighted by molar-refractivity contribution is 5.86. The van der Waals surface area contributed by atoms with Crippen LogP contribution >= 0.6 is 0 Å². The second kappa shape index (κ2) is 4.17. The van der Waals surface area contributed by atoms with Gasteiger partial charge in [-0.25, -0.2) is 4.79 Å². The lowest BCUT2D eigenvalue weighted by Gasteiger charge is -2.34. The number of nitrogens with two attached hydrogens (primary N) is 1. The predicted octanol–water partition coefficient (Wildman–Crippen LogP) is 0.281. The lowest BCUT2D eigenvalue weighted by molar-refractivity contribution is -0.716. The van der Waals surface area contributed by atoms with Gasteiger partial charge in [-0.3, -0.25) is 4.98 Å². The second-order valence-electron chi connectivity index (χ2n) is 5.22. The number of hydrogen-bond donors (Lipinski definition) is 2. The number of piperazine rings is 1. The van der Waals surface area contributed by atoms with E-state index in [0.717, 1.165) is 24.3 Å². The molecule has 0 aliphatic carbocycles. The molecule has 5 nitrogen and oxygen atoms in total. The van der Waals surface area contributed by atoms with Crippen LogP contribution in [0.25, 0.3) is 11.1 Å². The average molecular weight is 248 g/mol. The molecule has 0 radical (unpaired) electrons. The summed E-state index contributed by atoms with van der Waals surface area (Å²) in [5, 5.41) is 2.38. The molecular formula is C13H18N3O2+. The molecule has 1 aliphatic heterocycles. The van der Waals surface area contributed by atoms with Crippen LogP contribution in [0.1, 0.15) is 13.8 Å². The molecule has 1 aliphatic rings. The highest BCUT2D eigenvalue weighted by Crippen LogP contribution is 2.25. The van der Waals surface area contributed by atoms with Gasteiger partial charge in [-0.1, -0.05) is 6.07 Å².